The third-order valence-corrected chi connectivity index (χ3v) is 4.99. The van der Waals surface area contributed by atoms with Crippen LogP contribution in [0, 0.1) is 5.92 Å². The van der Waals surface area contributed by atoms with E-state index in [0.717, 1.165) is 44.5 Å². The molecule has 128 valence electrons. The summed E-state index contributed by atoms with van der Waals surface area (Å²) in [6.45, 7) is 4.01. The molecule has 2 fully saturated rings. The van der Waals surface area contributed by atoms with Crippen molar-refractivity contribution in [3.8, 4) is 5.75 Å². The SMILES string of the molecule is COc1cccc(C2CCCN2C(=O)[C@H]2CCN[C@@H](C)C2)c1.Cl. The van der Waals surface area contributed by atoms with Crippen LogP contribution in [-0.2, 0) is 4.79 Å². The third-order valence-electron chi connectivity index (χ3n) is 4.99. The molecule has 0 aliphatic carbocycles. The highest BCUT2D eigenvalue weighted by Gasteiger charge is 2.35. The molecule has 2 heterocycles. The maximum Gasteiger partial charge on any atom is 0.226 e. The van der Waals surface area contributed by atoms with E-state index >= 15 is 0 Å². The van der Waals surface area contributed by atoms with E-state index in [9.17, 15) is 4.79 Å². The van der Waals surface area contributed by atoms with Crippen molar-refractivity contribution in [2.75, 3.05) is 20.2 Å². The Morgan fingerprint density at radius 2 is 2.17 bits per heavy atom. The van der Waals surface area contributed by atoms with Crippen LogP contribution in [0.15, 0.2) is 24.3 Å². The number of ether oxygens (including phenoxy) is 1. The number of benzene rings is 1. The maximum atomic E-state index is 13.0. The van der Waals surface area contributed by atoms with Gasteiger partial charge >= 0.3 is 0 Å². The number of amides is 1. The number of hydrogen-bond acceptors (Lipinski definition) is 3. The topological polar surface area (TPSA) is 41.6 Å². The Kier molecular flexibility index (Phi) is 6.31. The number of hydrogen-bond donors (Lipinski definition) is 1. The Morgan fingerprint density at radius 1 is 1.35 bits per heavy atom. The van der Waals surface area contributed by atoms with Gasteiger partial charge in [0.2, 0.25) is 5.91 Å². The summed E-state index contributed by atoms with van der Waals surface area (Å²) in [5.41, 5.74) is 1.20. The summed E-state index contributed by atoms with van der Waals surface area (Å²) in [7, 11) is 1.69. The number of carbonyl (C=O) groups excluding carboxylic acids is 1. The van der Waals surface area contributed by atoms with Gasteiger partial charge in [0.15, 0.2) is 0 Å². The molecule has 3 rings (SSSR count). The van der Waals surface area contributed by atoms with E-state index in [0.29, 0.717) is 11.9 Å². The average molecular weight is 339 g/mol. The zero-order chi connectivity index (χ0) is 15.5. The first-order chi connectivity index (χ1) is 10.7. The van der Waals surface area contributed by atoms with Gasteiger partial charge in [0.05, 0.1) is 13.2 Å². The third kappa shape index (κ3) is 3.99. The monoisotopic (exact) mass is 338 g/mol. The summed E-state index contributed by atoms with van der Waals surface area (Å²) in [5, 5.41) is 3.43. The minimum Gasteiger partial charge on any atom is -0.497 e. The zero-order valence-corrected chi connectivity index (χ0v) is 14.8. The Hall–Kier alpha value is -1.26. The standard InChI is InChI=1S/C18H26N2O2.ClH/c1-13-11-15(8-9-19-13)18(21)20-10-4-7-17(20)14-5-3-6-16(12-14)22-2;/h3,5-6,12-13,15,17,19H,4,7-11H2,1-2H3;1H/t13-,15-,17?;/m0./s1. The largest absolute Gasteiger partial charge is 0.497 e. The molecule has 2 aliphatic rings. The minimum atomic E-state index is 0. The number of nitrogens with one attached hydrogen (secondary N) is 1. The number of halogens is 1. The van der Waals surface area contributed by atoms with Crippen molar-refractivity contribution < 1.29 is 9.53 Å². The van der Waals surface area contributed by atoms with Crippen LogP contribution in [0.4, 0.5) is 0 Å². The van der Waals surface area contributed by atoms with Crippen LogP contribution < -0.4 is 10.1 Å². The Bertz CT molecular complexity index is 538. The van der Waals surface area contributed by atoms with Gasteiger partial charge in [0.25, 0.3) is 0 Å². The lowest BCUT2D eigenvalue weighted by Crippen LogP contribution is -2.44. The van der Waals surface area contributed by atoms with Crippen molar-refractivity contribution in [2.24, 2.45) is 5.92 Å². The average Bonchev–Trinajstić information content (AvgIpc) is 3.04. The van der Waals surface area contributed by atoms with Crippen molar-refractivity contribution in [3.63, 3.8) is 0 Å². The van der Waals surface area contributed by atoms with E-state index < -0.39 is 0 Å². The Balaban J connectivity index is 0.00000192. The molecule has 23 heavy (non-hydrogen) atoms. The summed E-state index contributed by atoms with van der Waals surface area (Å²) < 4.78 is 5.33. The lowest BCUT2D eigenvalue weighted by atomic mass is 9.91. The van der Waals surface area contributed by atoms with Gasteiger partial charge in [-0.05, 0) is 56.8 Å². The molecule has 0 radical (unpaired) electrons. The molecular formula is C18H27ClN2O2. The molecule has 1 aromatic carbocycles. The molecule has 1 aromatic rings. The van der Waals surface area contributed by atoms with Crippen molar-refractivity contribution in [1.82, 2.24) is 10.2 Å². The van der Waals surface area contributed by atoms with Gasteiger partial charge in [0.1, 0.15) is 5.75 Å². The lowest BCUT2D eigenvalue weighted by molar-refractivity contribution is -0.137. The highest BCUT2D eigenvalue weighted by molar-refractivity contribution is 5.85. The number of likely N-dealkylation sites (tertiary alicyclic amines) is 1. The molecule has 1 amide bonds. The highest BCUT2D eigenvalue weighted by Crippen LogP contribution is 2.35. The molecule has 1 N–H and O–H groups in total. The summed E-state index contributed by atoms with van der Waals surface area (Å²) in [6, 6.07) is 8.82. The molecule has 0 spiro atoms. The zero-order valence-electron chi connectivity index (χ0n) is 14.0. The minimum absolute atomic E-state index is 0. The van der Waals surface area contributed by atoms with Gasteiger partial charge in [-0.2, -0.15) is 0 Å². The normalized spacial score (nSPS) is 27.4. The fraction of sp³-hybridized carbons (Fsp3) is 0.611. The van der Waals surface area contributed by atoms with E-state index in [-0.39, 0.29) is 24.4 Å². The van der Waals surface area contributed by atoms with Crippen molar-refractivity contribution >= 4 is 18.3 Å². The smallest absolute Gasteiger partial charge is 0.226 e. The van der Waals surface area contributed by atoms with E-state index in [1.165, 1.54) is 5.56 Å². The number of piperidine rings is 1. The highest BCUT2D eigenvalue weighted by atomic mass is 35.5. The first-order valence-electron chi connectivity index (χ1n) is 8.37. The van der Waals surface area contributed by atoms with Gasteiger partial charge in [-0.3, -0.25) is 4.79 Å². The van der Waals surface area contributed by atoms with Crippen LogP contribution in [0.25, 0.3) is 0 Å². The maximum absolute atomic E-state index is 13.0. The molecule has 4 nitrogen and oxygen atoms in total. The second-order valence-corrected chi connectivity index (χ2v) is 6.54. The quantitative estimate of drug-likeness (QED) is 0.920. The molecule has 1 unspecified atom stereocenters. The predicted molar refractivity (Wildman–Crippen MR) is 94.1 cm³/mol. The van der Waals surface area contributed by atoms with Crippen LogP contribution >= 0.6 is 12.4 Å². The van der Waals surface area contributed by atoms with Gasteiger partial charge in [-0.25, -0.2) is 0 Å². The fourth-order valence-electron chi connectivity index (χ4n) is 3.82. The predicted octanol–water partition coefficient (Wildman–Crippen LogP) is 3.17. The van der Waals surface area contributed by atoms with Gasteiger partial charge < -0.3 is 15.0 Å². The van der Waals surface area contributed by atoms with Crippen molar-refractivity contribution in [2.45, 2.75) is 44.7 Å². The fourth-order valence-corrected chi connectivity index (χ4v) is 3.82. The van der Waals surface area contributed by atoms with Crippen LogP contribution in [0.1, 0.15) is 44.2 Å². The first kappa shape index (κ1) is 18.1. The summed E-state index contributed by atoms with van der Waals surface area (Å²) in [6.07, 6.45) is 4.07. The molecule has 0 bridgehead atoms. The van der Waals surface area contributed by atoms with E-state index in [1.807, 2.05) is 12.1 Å². The number of nitrogens with zero attached hydrogens (tertiary/aromatic N) is 1. The second kappa shape index (κ2) is 8.02. The van der Waals surface area contributed by atoms with Crippen LogP contribution in [0.3, 0.4) is 0 Å². The van der Waals surface area contributed by atoms with Crippen LogP contribution in [0.5, 0.6) is 5.75 Å². The van der Waals surface area contributed by atoms with Crippen LogP contribution in [-0.4, -0.2) is 37.0 Å². The Labute approximate surface area is 145 Å². The Morgan fingerprint density at radius 3 is 2.91 bits per heavy atom. The van der Waals surface area contributed by atoms with Crippen LogP contribution in [0.2, 0.25) is 0 Å². The number of rotatable bonds is 3. The van der Waals surface area contributed by atoms with E-state index in [4.69, 9.17) is 4.74 Å². The molecule has 2 aliphatic heterocycles. The molecule has 5 heteroatoms. The van der Waals surface area contributed by atoms with E-state index in [1.54, 1.807) is 7.11 Å². The second-order valence-electron chi connectivity index (χ2n) is 6.54. The first-order valence-corrected chi connectivity index (χ1v) is 8.37. The summed E-state index contributed by atoms with van der Waals surface area (Å²) >= 11 is 0. The molecule has 2 saturated heterocycles. The van der Waals surface area contributed by atoms with Gasteiger partial charge in [-0.1, -0.05) is 12.1 Å². The van der Waals surface area contributed by atoms with Crippen molar-refractivity contribution in [3.05, 3.63) is 29.8 Å². The molecule has 0 saturated carbocycles. The number of methoxy groups -OCH3 is 1. The summed E-state index contributed by atoms with van der Waals surface area (Å²) in [4.78, 5) is 15.1. The van der Waals surface area contributed by atoms with Gasteiger partial charge in [0, 0.05) is 18.5 Å². The molecule has 3 atom stereocenters. The molecular weight excluding hydrogens is 312 g/mol. The lowest BCUT2D eigenvalue weighted by Gasteiger charge is -2.33. The van der Waals surface area contributed by atoms with Gasteiger partial charge in [-0.15, -0.1) is 12.4 Å². The van der Waals surface area contributed by atoms with E-state index in [2.05, 4.69) is 29.3 Å². The summed E-state index contributed by atoms with van der Waals surface area (Å²) in [5.74, 6) is 1.40. The number of carbonyl (C=O) groups is 1. The molecule has 0 aromatic heterocycles. The van der Waals surface area contributed by atoms with Crippen molar-refractivity contribution in [1.29, 1.82) is 0 Å².